The van der Waals surface area contributed by atoms with Crippen molar-refractivity contribution in [2.24, 2.45) is 5.92 Å². The second kappa shape index (κ2) is 5.97. The Kier molecular flexibility index (Phi) is 4.46. The van der Waals surface area contributed by atoms with Gasteiger partial charge in [0.1, 0.15) is 0 Å². The molecule has 1 aliphatic carbocycles. The summed E-state index contributed by atoms with van der Waals surface area (Å²) in [5.74, 6) is -4.96. The number of carbonyl (C=O) groups excluding carboxylic acids is 1. The van der Waals surface area contributed by atoms with E-state index in [2.05, 4.69) is 5.32 Å². The number of amides is 1. The number of hydrogen-bond donors (Lipinski definition) is 2. The van der Waals surface area contributed by atoms with Crippen LogP contribution in [0.3, 0.4) is 0 Å². The molecule has 1 fully saturated rings. The molecule has 0 saturated heterocycles. The molecule has 1 saturated carbocycles. The number of alkyl halides is 2. The zero-order valence-electron chi connectivity index (χ0n) is 11.0. The van der Waals surface area contributed by atoms with E-state index in [1.807, 2.05) is 0 Å². The maximum absolute atomic E-state index is 13.1. The fourth-order valence-electron chi connectivity index (χ4n) is 2.36. The predicted molar refractivity (Wildman–Crippen MR) is 73.9 cm³/mol. The molecule has 0 aromatic heterocycles. The number of para-hydroxylation sites is 1. The zero-order valence-corrected chi connectivity index (χ0v) is 11.8. The van der Waals surface area contributed by atoms with Crippen molar-refractivity contribution in [1.29, 1.82) is 0 Å². The van der Waals surface area contributed by atoms with Crippen molar-refractivity contribution in [3.63, 3.8) is 0 Å². The van der Waals surface area contributed by atoms with Gasteiger partial charge in [0.05, 0.1) is 16.3 Å². The van der Waals surface area contributed by atoms with E-state index in [9.17, 15) is 18.4 Å². The summed E-state index contributed by atoms with van der Waals surface area (Å²) in [5.41, 5.74) is -0.119. The van der Waals surface area contributed by atoms with Crippen molar-refractivity contribution in [3.8, 4) is 0 Å². The summed E-state index contributed by atoms with van der Waals surface area (Å²) in [6.07, 6.45) is -0.518. The number of aromatic carboxylic acids is 1. The molecular weight excluding hydrogens is 304 g/mol. The molecule has 7 heteroatoms. The van der Waals surface area contributed by atoms with Crippen LogP contribution in [0.15, 0.2) is 18.2 Å². The summed E-state index contributed by atoms with van der Waals surface area (Å²) in [6, 6.07) is 4.24. The highest BCUT2D eigenvalue weighted by molar-refractivity contribution is 6.34. The third-order valence-electron chi connectivity index (χ3n) is 3.58. The molecule has 0 radical (unpaired) electrons. The lowest BCUT2D eigenvalue weighted by Gasteiger charge is -2.27. The van der Waals surface area contributed by atoms with E-state index in [0.717, 1.165) is 0 Å². The molecule has 1 amide bonds. The van der Waals surface area contributed by atoms with Crippen LogP contribution in [0.2, 0.25) is 5.02 Å². The van der Waals surface area contributed by atoms with Gasteiger partial charge in [0, 0.05) is 18.8 Å². The van der Waals surface area contributed by atoms with E-state index in [-0.39, 0.29) is 42.0 Å². The molecule has 1 aromatic carbocycles. The van der Waals surface area contributed by atoms with Crippen molar-refractivity contribution in [1.82, 2.24) is 0 Å². The summed E-state index contributed by atoms with van der Waals surface area (Å²) >= 11 is 5.90. The van der Waals surface area contributed by atoms with Gasteiger partial charge in [0.15, 0.2) is 0 Å². The molecule has 21 heavy (non-hydrogen) atoms. The van der Waals surface area contributed by atoms with Crippen LogP contribution in [0, 0.1) is 5.92 Å². The standard InChI is InChI=1S/C14H14ClF2NO3/c15-10-3-1-2-9(13(20)21)11(10)18-12(19)8-4-6-14(16,17)7-5-8/h1-3,8H,4-7H2,(H,18,19)(H,20,21). The molecule has 1 aromatic rings. The topological polar surface area (TPSA) is 66.4 Å². The predicted octanol–water partition coefficient (Wildman–Crippen LogP) is 3.80. The van der Waals surface area contributed by atoms with E-state index >= 15 is 0 Å². The molecule has 0 bridgehead atoms. The Morgan fingerprint density at radius 1 is 1.29 bits per heavy atom. The molecular formula is C14H14ClF2NO3. The first-order valence-electron chi connectivity index (χ1n) is 6.51. The number of halogens is 3. The third kappa shape index (κ3) is 3.69. The van der Waals surface area contributed by atoms with Crippen molar-refractivity contribution in [3.05, 3.63) is 28.8 Å². The normalized spacial score (nSPS) is 18.2. The molecule has 0 spiro atoms. The molecule has 114 valence electrons. The highest BCUT2D eigenvalue weighted by atomic mass is 35.5. The van der Waals surface area contributed by atoms with E-state index in [0.29, 0.717) is 0 Å². The summed E-state index contributed by atoms with van der Waals surface area (Å²) in [5, 5.41) is 11.6. The summed E-state index contributed by atoms with van der Waals surface area (Å²) in [6.45, 7) is 0. The first kappa shape index (κ1) is 15.7. The number of benzene rings is 1. The molecule has 0 unspecified atom stereocenters. The number of nitrogens with one attached hydrogen (secondary N) is 1. The Labute approximate surface area is 125 Å². The maximum atomic E-state index is 13.1. The quantitative estimate of drug-likeness (QED) is 0.891. The molecule has 0 aliphatic heterocycles. The largest absolute Gasteiger partial charge is 0.478 e. The van der Waals surface area contributed by atoms with Crippen LogP contribution in [0.1, 0.15) is 36.0 Å². The van der Waals surface area contributed by atoms with Gasteiger partial charge >= 0.3 is 5.97 Å². The number of carboxylic acid groups (broad SMARTS) is 1. The van der Waals surface area contributed by atoms with Crippen molar-refractivity contribution in [2.45, 2.75) is 31.6 Å². The van der Waals surface area contributed by atoms with E-state index < -0.39 is 23.7 Å². The first-order valence-corrected chi connectivity index (χ1v) is 6.88. The van der Waals surface area contributed by atoms with Gasteiger partial charge in [-0.1, -0.05) is 17.7 Å². The minimum Gasteiger partial charge on any atom is -0.478 e. The van der Waals surface area contributed by atoms with Crippen LogP contribution in [-0.2, 0) is 4.79 Å². The van der Waals surface area contributed by atoms with Gasteiger partial charge < -0.3 is 10.4 Å². The van der Waals surface area contributed by atoms with Crippen LogP contribution in [0.5, 0.6) is 0 Å². The second-order valence-corrected chi connectivity index (χ2v) is 5.49. The van der Waals surface area contributed by atoms with Crippen LogP contribution >= 0.6 is 11.6 Å². The number of carbonyl (C=O) groups is 2. The van der Waals surface area contributed by atoms with Crippen LogP contribution in [0.25, 0.3) is 0 Å². The molecule has 4 nitrogen and oxygen atoms in total. The smallest absolute Gasteiger partial charge is 0.337 e. The number of hydrogen-bond acceptors (Lipinski definition) is 2. The fraction of sp³-hybridized carbons (Fsp3) is 0.429. The van der Waals surface area contributed by atoms with Gasteiger partial charge in [-0.2, -0.15) is 0 Å². The minimum absolute atomic E-state index is 0.00833. The number of anilines is 1. The van der Waals surface area contributed by atoms with Crippen molar-refractivity contribution < 1.29 is 23.5 Å². The van der Waals surface area contributed by atoms with E-state index in [1.165, 1.54) is 18.2 Å². The first-order chi connectivity index (χ1) is 9.80. The minimum atomic E-state index is -2.71. The van der Waals surface area contributed by atoms with E-state index in [1.54, 1.807) is 0 Å². The molecule has 2 rings (SSSR count). The van der Waals surface area contributed by atoms with Crippen LogP contribution < -0.4 is 5.32 Å². The van der Waals surface area contributed by atoms with Gasteiger partial charge in [-0.25, -0.2) is 13.6 Å². The summed E-state index contributed by atoms with van der Waals surface area (Å²) in [7, 11) is 0. The van der Waals surface area contributed by atoms with Crippen LogP contribution in [0.4, 0.5) is 14.5 Å². The Hall–Kier alpha value is -1.69. The lowest BCUT2D eigenvalue weighted by molar-refractivity contribution is -0.124. The van der Waals surface area contributed by atoms with E-state index in [4.69, 9.17) is 16.7 Å². The highest BCUT2D eigenvalue weighted by Crippen LogP contribution is 2.37. The number of carboxylic acids is 1. The zero-order chi connectivity index (χ0) is 15.6. The van der Waals surface area contributed by atoms with Gasteiger partial charge in [0.2, 0.25) is 11.8 Å². The van der Waals surface area contributed by atoms with Gasteiger partial charge in [-0.15, -0.1) is 0 Å². The lowest BCUT2D eigenvalue weighted by Crippen LogP contribution is -2.32. The molecule has 0 atom stereocenters. The van der Waals surface area contributed by atoms with Crippen molar-refractivity contribution >= 4 is 29.2 Å². The Morgan fingerprint density at radius 3 is 2.48 bits per heavy atom. The third-order valence-corrected chi connectivity index (χ3v) is 3.90. The second-order valence-electron chi connectivity index (χ2n) is 5.09. The average molecular weight is 318 g/mol. The lowest BCUT2D eigenvalue weighted by atomic mass is 9.86. The highest BCUT2D eigenvalue weighted by Gasteiger charge is 2.37. The SMILES string of the molecule is O=C(O)c1cccc(Cl)c1NC(=O)C1CCC(F)(F)CC1. The molecule has 2 N–H and O–H groups in total. The summed E-state index contributed by atoms with van der Waals surface area (Å²) in [4.78, 5) is 23.2. The van der Waals surface area contributed by atoms with Gasteiger partial charge in [-0.3, -0.25) is 4.79 Å². The maximum Gasteiger partial charge on any atom is 0.337 e. The van der Waals surface area contributed by atoms with Crippen molar-refractivity contribution in [2.75, 3.05) is 5.32 Å². The monoisotopic (exact) mass is 317 g/mol. The average Bonchev–Trinajstić information content (AvgIpc) is 2.40. The summed E-state index contributed by atoms with van der Waals surface area (Å²) < 4.78 is 26.1. The molecule has 1 aliphatic rings. The number of rotatable bonds is 3. The Morgan fingerprint density at radius 2 is 1.90 bits per heavy atom. The molecule has 0 heterocycles. The van der Waals surface area contributed by atoms with Gasteiger partial charge in [-0.05, 0) is 25.0 Å². The Bertz CT molecular complexity index is 567. The Balaban J connectivity index is 2.12. The van der Waals surface area contributed by atoms with Gasteiger partial charge in [0.25, 0.3) is 0 Å². The fourth-order valence-corrected chi connectivity index (χ4v) is 2.58. The van der Waals surface area contributed by atoms with Crippen LogP contribution in [-0.4, -0.2) is 22.9 Å².